The number of fused-ring (bicyclic) bond motifs is 2. The highest BCUT2D eigenvalue weighted by atomic mass is 16.5. The number of hydrogen-bond donors (Lipinski definition) is 1. The first-order valence-electron chi connectivity index (χ1n) is 8.29. The van der Waals surface area contributed by atoms with Gasteiger partial charge in [0.05, 0.1) is 13.5 Å². The Morgan fingerprint density at radius 1 is 1.19 bits per heavy atom. The first-order valence-corrected chi connectivity index (χ1v) is 8.29. The summed E-state index contributed by atoms with van der Waals surface area (Å²) in [7, 11) is 3.19. The predicted molar refractivity (Wildman–Crippen MR) is 101 cm³/mol. The Bertz CT molecular complexity index is 1150. The highest BCUT2D eigenvalue weighted by Crippen LogP contribution is 2.30. The average molecular weight is 364 g/mol. The predicted octanol–water partition coefficient (Wildman–Crippen LogP) is 2.57. The maximum absolute atomic E-state index is 12.6. The first-order chi connectivity index (χ1) is 13.0. The van der Waals surface area contributed by atoms with Gasteiger partial charge in [-0.05, 0) is 35.9 Å². The first kappa shape index (κ1) is 16.8. The van der Waals surface area contributed by atoms with E-state index in [9.17, 15) is 14.4 Å². The zero-order chi connectivity index (χ0) is 19.1. The van der Waals surface area contributed by atoms with Gasteiger partial charge in [-0.15, -0.1) is 0 Å². The van der Waals surface area contributed by atoms with Crippen molar-refractivity contribution in [2.24, 2.45) is 0 Å². The van der Waals surface area contributed by atoms with Gasteiger partial charge >= 0.3 is 5.63 Å². The fraction of sp³-hybridized carbons (Fsp3) is 0.150. The van der Waals surface area contributed by atoms with Crippen LogP contribution in [-0.2, 0) is 11.2 Å². The van der Waals surface area contributed by atoms with Crippen molar-refractivity contribution in [1.82, 2.24) is 0 Å². The van der Waals surface area contributed by atoms with Crippen LogP contribution >= 0.6 is 0 Å². The number of anilines is 2. The molecule has 3 aromatic rings. The Labute approximate surface area is 154 Å². The van der Waals surface area contributed by atoms with Gasteiger partial charge in [-0.25, -0.2) is 4.79 Å². The standard InChI is InChI=1S/C20H16N2O5/c1-22-15-7-6-13(8-12(15)10-17(22)23)21-19(24)14-9-11-4-3-5-16(26-2)18(11)27-20(14)25/h3-9H,10H2,1-2H3,(H,21,24). The lowest BCUT2D eigenvalue weighted by Gasteiger charge is -2.11. The quantitative estimate of drug-likeness (QED) is 0.722. The highest BCUT2D eigenvalue weighted by molar-refractivity contribution is 6.06. The lowest BCUT2D eigenvalue weighted by Crippen LogP contribution is -2.21. The summed E-state index contributed by atoms with van der Waals surface area (Å²) in [4.78, 5) is 38.2. The van der Waals surface area contributed by atoms with E-state index in [1.165, 1.54) is 13.2 Å². The number of methoxy groups -OCH3 is 1. The summed E-state index contributed by atoms with van der Waals surface area (Å²) in [6.45, 7) is 0. The number of likely N-dealkylation sites (N-methyl/N-ethyl adjacent to an activating group) is 1. The number of amides is 2. The minimum Gasteiger partial charge on any atom is -0.493 e. The third kappa shape index (κ3) is 2.83. The zero-order valence-electron chi connectivity index (χ0n) is 14.7. The van der Waals surface area contributed by atoms with Crippen LogP contribution < -0.4 is 20.6 Å². The van der Waals surface area contributed by atoms with Gasteiger partial charge in [0.15, 0.2) is 11.3 Å². The molecule has 0 fully saturated rings. The fourth-order valence-electron chi connectivity index (χ4n) is 3.18. The van der Waals surface area contributed by atoms with Crippen molar-refractivity contribution in [2.45, 2.75) is 6.42 Å². The molecule has 0 bridgehead atoms. The van der Waals surface area contributed by atoms with Crippen LogP contribution in [0, 0.1) is 0 Å². The van der Waals surface area contributed by atoms with Gasteiger partial charge in [0.25, 0.3) is 5.91 Å². The van der Waals surface area contributed by atoms with Crippen LogP contribution in [0.15, 0.2) is 51.7 Å². The van der Waals surface area contributed by atoms with Crippen LogP contribution in [0.2, 0.25) is 0 Å². The highest BCUT2D eigenvalue weighted by Gasteiger charge is 2.24. The summed E-state index contributed by atoms with van der Waals surface area (Å²) in [5.41, 5.74) is 1.59. The molecule has 0 unspecified atom stereocenters. The van der Waals surface area contributed by atoms with Gasteiger partial charge in [-0.1, -0.05) is 12.1 Å². The summed E-state index contributed by atoms with van der Waals surface area (Å²) in [5.74, 6) is -0.160. The molecule has 1 aliphatic heterocycles. The lowest BCUT2D eigenvalue weighted by molar-refractivity contribution is -0.117. The van der Waals surface area contributed by atoms with Crippen LogP contribution in [0.1, 0.15) is 15.9 Å². The van der Waals surface area contributed by atoms with Crippen molar-refractivity contribution in [3.05, 3.63) is 64.0 Å². The molecule has 0 saturated carbocycles. The van der Waals surface area contributed by atoms with Crippen molar-refractivity contribution < 1.29 is 18.7 Å². The van der Waals surface area contributed by atoms with Crippen LogP contribution in [0.4, 0.5) is 11.4 Å². The smallest absolute Gasteiger partial charge is 0.349 e. The Hall–Kier alpha value is -3.61. The fourth-order valence-corrected chi connectivity index (χ4v) is 3.18. The van der Waals surface area contributed by atoms with E-state index in [1.807, 2.05) is 0 Å². The Morgan fingerprint density at radius 2 is 2.00 bits per heavy atom. The van der Waals surface area contributed by atoms with Gasteiger partial charge in [-0.3, -0.25) is 9.59 Å². The van der Waals surface area contributed by atoms with E-state index in [-0.39, 0.29) is 17.9 Å². The Morgan fingerprint density at radius 3 is 2.78 bits per heavy atom. The maximum atomic E-state index is 12.6. The van der Waals surface area contributed by atoms with Crippen molar-refractivity contribution in [3.63, 3.8) is 0 Å². The van der Waals surface area contributed by atoms with Crippen molar-refractivity contribution >= 4 is 34.2 Å². The second kappa shape index (κ2) is 6.28. The number of nitrogens with one attached hydrogen (secondary N) is 1. The van der Waals surface area contributed by atoms with Crippen LogP contribution in [0.3, 0.4) is 0 Å². The molecule has 0 atom stereocenters. The van der Waals surface area contributed by atoms with Gasteiger partial charge in [0, 0.05) is 23.8 Å². The molecule has 27 heavy (non-hydrogen) atoms. The molecule has 136 valence electrons. The summed E-state index contributed by atoms with van der Waals surface area (Å²) < 4.78 is 10.5. The minimum atomic E-state index is -0.749. The third-order valence-electron chi connectivity index (χ3n) is 4.60. The molecule has 0 saturated heterocycles. The number of nitrogens with zero attached hydrogens (tertiary/aromatic N) is 1. The van der Waals surface area contributed by atoms with E-state index in [0.29, 0.717) is 22.4 Å². The van der Waals surface area contributed by atoms with Gasteiger partial charge < -0.3 is 19.4 Å². The van der Waals surface area contributed by atoms with E-state index in [0.717, 1.165) is 11.3 Å². The van der Waals surface area contributed by atoms with E-state index in [2.05, 4.69) is 5.32 Å². The molecule has 7 heteroatoms. The van der Waals surface area contributed by atoms with Crippen LogP contribution in [-0.4, -0.2) is 26.0 Å². The molecule has 0 radical (unpaired) electrons. The molecule has 0 spiro atoms. The number of carbonyl (C=O) groups excluding carboxylic acids is 2. The summed E-state index contributed by atoms with van der Waals surface area (Å²) >= 11 is 0. The topological polar surface area (TPSA) is 88.9 Å². The molecule has 1 aromatic heterocycles. The van der Waals surface area contributed by atoms with Crippen LogP contribution in [0.25, 0.3) is 11.0 Å². The molecule has 1 N–H and O–H groups in total. The molecular formula is C20H16N2O5. The molecule has 7 nitrogen and oxygen atoms in total. The number of carbonyl (C=O) groups is 2. The van der Waals surface area contributed by atoms with Crippen molar-refractivity contribution in [3.8, 4) is 5.75 Å². The minimum absolute atomic E-state index is 0.00222. The maximum Gasteiger partial charge on any atom is 0.349 e. The van der Waals surface area contributed by atoms with Crippen LogP contribution in [0.5, 0.6) is 5.75 Å². The summed E-state index contributed by atoms with van der Waals surface area (Å²) in [6.07, 6.45) is 0.285. The molecule has 2 amide bonds. The monoisotopic (exact) mass is 364 g/mol. The van der Waals surface area contributed by atoms with Crippen molar-refractivity contribution in [2.75, 3.05) is 24.4 Å². The van der Waals surface area contributed by atoms with E-state index in [1.54, 1.807) is 48.3 Å². The Kier molecular flexibility index (Phi) is 3.92. The molecule has 2 heterocycles. The van der Waals surface area contributed by atoms with E-state index < -0.39 is 11.5 Å². The van der Waals surface area contributed by atoms with E-state index >= 15 is 0 Å². The summed E-state index contributed by atoms with van der Waals surface area (Å²) in [6, 6.07) is 11.8. The third-order valence-corrected chi connectivity index (χ3v) is 4.60. The Balaban J connectivity index is 1.66. The lowest BCUT2D eigenvalue weighted by atomic mass is 10.1. The van der Waals surface area contributed by atoms with Crippen molar-refractivity contribution in [1.29, 1.82) is 0 Å². The molecular weight excluding hydrogens is 348 g/mol. The van der Waals surface area contributed by atoms with E-state index in [4.69, 9.17) is 9.15 Å². The number of rotatable bonds is 3. The normalized spacial score (nSPS) is 13.0. The van der Waals surface area contributed by atoms with Gasteiger partial charge in [-0.2, -0.15) is 0 Å². The molecule has 1 aliphatic rings. The summed E-state index contributed by atoms with van der Waals surface area (Å²) in [5, 5.41) is 3.28. The average Bonchev–Trinajstić information content (AvgIpc) is 2.94. The molecule has 0 aliphatic carbocycles. The second-order valence-corrected chi connectivity index (χ2v) is 6.25. The zero-order valence-corrected chi connectivity index (χ0v) is 14.7. The number of benzene rings is 2. The van der Waals surface area contributed by atoms with Gasteiger partial charge in [0.2, 0.25) is 5.91 Å². The molecule has 4 rings (SSSR count). The molecule has 2 aromatic carbocycles. The number of hydrogen-bond acceptors (Lipinski definition) is 5. The number of ether oxygens (including phenoxy) is 1. The number of para-hydroxylation sites is 1. The second-order valence-electron chi connectivity index (χ2n) is 6.25. The van der Waals surface area contributed by atoms with Gasteiger partial charge in [0.1, 0.15) is 5.56 Å². The largest absolute Gasteiger partial charge is 0.493 e. The SMILES string of the molecule is COc1cccc2cc(C(=O)Nc3ccc4c(c3)CC(=O)N4C)c(=O)oc12.